The van der Waals surface area contributed by atoms with Crippen molar-refractivity contribution in [2.24, 2.45) is 4.99 Å². The largest absolute Gasteiger partial charge is 0.365 e. The number of nitrogens with one attached hydrogen (secondary N) is 1. The van der Waals surface area contributed by atoms with Crippen molar-refractivity contribution in [3.8, 4) is 0 Å². The van der Waals surface area contributed by atoms with Gasteiger partial charge in [-0.3, -0.25) is 4.99 Å². The smallest absolute Gasteiger partial charge is 0.135 e. The number of halogens is 2. The molecule has 1 unspecified atom stereocenters. The average molecular weight is 257 g/mol. The zero-order valence-corrected chi connectivity index (χ0v) is 9.31. The topological polar surface area (TPSA) is 24.4 Å². The second-order valence-electron chi connectivity index (χ2n) is 3.33. The molecule has 0 aliphatic carbocycles. The molecule has 0 amide bonds. The van der Waals surface area contributed by atoms with Gasteiger partial charge in [-0.25, -0.2) is 4.39 Å². The van der Waals surface area contributed by atoms with Crippen molar-refractivity contribution in [2.45, 2.75) is 13.0 Å². The maximum absolute atomic E-state index is 13.5. The average Bonchev–Trinajstić information content (AvgIpc) is 2.51. The number of hydrogen-bond donors (Lipinski definition) is 1. The van der Waals surface area contributed by atoms with Gasteiger partial charge in [-0.15, -0.1) is 0 Å². The summed E-state index contributed by atoms with van der Waals surface area (Å²) >= 11 is 3.32. The highest BCUT2D eigenvalue weighted by Gasteiger charge is 2.19. The van der Waals surface area contributed by atoms with Crippen molar-refractivity contribution in [3.05, 3.63) is 34.1 Å². The maximum Gasteiger partial charge on any atom is 0.135 e. The van der Waals surface area contributed by atoms with Crippen LogP contribution in [0.15, 0.2) is 27.7 Å². The van der Waals surface area contributed by atoms with E-state index in [1.165, 1.54) is 6.07 Å². The van der Waals surface area contributed by atoms with Gasteiger partial charge >= 0.3 is 0 Å². The van der Waals surface area contributed by atoms with E-state index in [0.29, 0.717) is 17.9 Å². The van der Waals surface area contributed by atoms with E-state index in [1.807, 2.05) is 13.0 Å². The number of hydrogen-bond acceptors (Lipinski definition) is 2. The molecule has 1 aromatic rings. The van der Waals surface area contributed by atoms with Crippen LogP contribution >= 0.6 is 15.9 Å². The van der Waals surface area contributed by atoms with Crippen LogP contribution in [0.3, 0.4) is 0 Å². The molecule has 2 nitrogen and oxygen atoms in total. The first-order valence-corrected chi connectivity index (χ1v) is 5.23. The number of benzene rings is 1. The fraction of sp³-hybridized carbons (Fsp3) is 0.300. The van der Waals surface area contributed by atoms with E-state index >= 15 is 0 Å². The number of nitrogens with zero attached hydrogens (tertiary/aromatic N) is 1. The van der Waals surface area contributed by atoms with Crippen LogP contribution in [-0.2, 0) is 0 Å². The number of amidine groups is 1. The van der Waals surface area contributed by atoms with E-state index in [9.17, 15) is 4.39 Å². The van der Waals surface area contributed by atoms with Gasteiger partial charge in [0.2, 0.25) is 0 Å². The zero-order valence-electron chi connectivity index (χ0n) is 7.72. The third-order valence-corrected chi connectivity index (χ3v) is 2.77. The Labute approximate surface area is 90.4 Å². The molecule has 0 spiro atoms. The van der Waals surface area contributed by atoms with Crippen LogP contribution in [0.2, 0.25) is 0 Å². The predicted molar refractivity (Wildman–Crippen MR) is 58.1 cm³/mol. The van der Waals surface area contributed by atoms with E-state index in [0.717, 1.165) is 4.47 Å². The van der Waals surface area contributed by atoms with Crippen molar-refractivity contribution in [2.75, 3.05) is 6.54 Å². The van der Waals surface area contributed by atoms with E-state index in [-0.39, 0.29) is 11.9 Å². The summed E-state index contributed by atoms with van der Waals surface area (Å²) in [5.74, 6) is 0.391. The van der Waals surface area contributed by atoms with E-state index in [1.54, 1.807) is 6.07 Å². The van der Waals surface area contributed by atoms with Crippen molar-refractivity contribution in [1.29, 1.82) is 0 Å². The van der Waals surface area contributed by atoms with Gasteiger partial charge in [0.1, 0.15) is 11.7 Å². The van der Waals surface area contributed by atoms with Crippen LogP contribution in [0.4, 0.5) is 4.39 Å². The Balaban J connectivity index is 2.42. The lowest BCUT2D eigenvalue weighted by Crippen LogP contribution is -2.28. The van der Waals surface area contributed by atoms with E-state index in [2.05, 4.69) is 26.2 Å². The second kappa shape index (κ2) is 3.69. The van der Waals surface area contributed by atoms with E-state index in [4.69, 9.17) is 0 Å². The number of aliphatic imine (C=N–C) groups is 1. The molecule has 1 N–H and O–H groups in total. The molecule has 74 valence electrons. The normalized spacial score (nSPS) is 20.5. The first-order chi connectivity index (χ1) is 6.68. The Morgan fingerprint density at radius 1 is 1.57 bits per heavy atom. The molecule has 14 heavy (non-hydrogen) atoms. The fourth-order valence-corrected chi connectivity index (χ4v) is 1.96. The van der Waals surface area contributed by atoms with Crippen molar-refractivity contribution < 1.29 is 4.39 Å². The first kappa shape index (κ1) is 9.65. The van der Waals surface area contributed by atoms with Gasteiger partial charge in [0.05, 0.1) is 12.1 Å². The minimum absolute atomic E-state index is 0.250. The summed E-state index contributed by atoms with van der Waals surface area (Å²) in [5.41, 5.74) is 0.525. The van der Waals surface area contributed by atoms with Gasteiger partial charge in [-0.1, -0.05) is 6.07 Å². The highest BCUT2D eigenvalue weighted by Crippen LogP contribution is 2.21. The Kier molecular flexibility index (Phi) is 2.54. The molecule has 0 saturated heterocycles. The molecular formula is C10H10BrFN2. The minimum atomic E-state index is -0.250. The summed E-state index contributed by atoms with van der Waals surface area (Å²) in [4.78, 5) is 4.24. The molecular weight excluding hydrogens is 247 g/mol. The zero-order chi connectivity index (χ0) is 10.1. The van der Waals surface area contributed by atoms with Crippen LogP contribution in [-0.4, -0.2) is 18.4 Å². The lowest BCUT2D eigenvalue weighted by molar-refractivity contribution is 0.622. The predicted octanol–water partition coefficient (Wildman–Crippen LogP) is 2.33. The maximum atomic E-state index is 13.5. The van der Waals surface area contributed by atoms with Crippen LogP contribution in [0.1, 0.15) is 12.5 Å². The molecule has 0 saturated carbocycles. The van der Waals surface area contributed by atoms with Crippen molar-refractivity contribution >= 4 is 21.8 Å². The van der Waals surface area contributed by atoms with Crippen molar-refractivity contribution in [3.63, 3.8) is 0 Å². The molecule has 1 aliphatic rings. The van der Waals surface area contributed by atoms with Crippen LogP contribution < -0.4 is 5.32 Å². The molecule has 1 atom stereocenters. The summed E-state index contributed by atoms with van der Waals surface area (Å²) in [5, 5.41) is 3.13. The molecule has 0 fully saturated rings. The first-order valence-electron chi connectivity index (χ1n) is 4.44. The molecule has 4 heteroatoms. The Morgan fingerprint density at radius 3 is 2.93 bits per heavy atom. The Bertz CT molecular complexity index is 369. The van der Waals surface area contributed by atoms with Crippen molar-refractivity contribution in [1.82, 2.24) is 5.32 Å². The Morgan fingerprint density at radius 2 is 2.36 bits per heavy atom. The molecule has 0 bridgehead atoms. The van der Waals surface area contributed by atoms with Gasteiger partial charge in [-0.2, -0.15) is 0 Å². The third kappa shape index (κ3) is 1.66. The molecule has 1 heterocycles. The summed E-state index contributed by atoms with van der Waals surface area (Å²) in [6, 6.07) is 5.21. The van der Waals surface area contributed by atoms with E-state index < -0.39 is 0 Å². The number of rotatable bonds is 1. The van der Waals surface area contributed by atoms with Gasteiger partial charge < -0.3 is 5.32 Å². The third-order valence-electron chi connectivity index (χ3n) is 2.11. The minimum Gasteiger partial charge on any atom is -0.365 e. The fourth-order valence-electron chi connectivity index (χ4n) is 1.43. The molecule has 0 radical (unpaired) electrons. The quantitative estimate of drug-likeness (QED) is 0.820. The van der Waals surface area contributed by atoms with Crippen LogP contribution in [0.5, 0.6) is 0 Å². The van der Waals surface area contributed by atoms with Crippen LogP contribution in [0.25, 0.3) is 0 Å². The highest BCUT2D eigenvalue weighted by molar-refractivity contribution is 9.10. The van der Waals surface area contributed by atoms with Crippen LogP contribution in [0, 0.1) is 5.82 Å². The monoisotopic (exact) mass is 256 g/mol. The lowest BCUT2D eigenvalue weighted by atomic mass is 10.2. The van der Waals surface area contributed by atoms with Gasteiger partial charge in [0, 0.05) is 10.5 Å². The second-order valence-corrected chi connectivity index (χ2v) is 4.19. The molecule has 1 aromatic carbocycles. The van der Waals surface area contributed by atoms with Gasteiger partial charge in [-0.05, 0) is 35.0 Å². The summed E-state index contributed by atoms with van der Waals surface area (Å²) in [6.45, 7) is 2.72. The SMILES string of the molecule is CC1CN=C(c2c(F)cccc2Br)N1. The summed E-state index contributed by atoms with van der Waals surface area (Å²) in [6.07, 6.45) is 0. The molecule has 2 rings (SSSR count). The summed E-state index contributed by atoms with van der Waals surface area (Å²) < 4.78 is 14.2. The lowest BCUT2D eigenvalue weighted by Gasteiger charge is -2.08. The van der Waals surface area contributed by atoms with Gasteiger partial charge in [0.15, 0.2) is 0 Å². The highest BCUT2D eigenvalue weighted by atomic mass is 79.9. The van der Waals surface area contributed by atoms with Gasteiger partial charge in [0.25, 0.3) is 0 Å². The Hall–Kier alpha value is -0.900. The molecule has 0 aromatic heterocycles. The molecule has 1 aliphatic heterocycles. The summed E-state index contributed by atoms with van der Waals surface area (Å²) in [7, 11) is 0. The standard InChI is InChI=1S/C10H10BrFN2/c1-6-5-13-10(14-6)9-7(11)3-2-4-8(9)12/h2-4,6H,5H2,1H3,(H,13,14).